The van der Waals surface area contributed by atoms with Gasteiger partial charge in [0.05, 0.1) is 4.92 Å². The molecule has 2 rings (SSSR count). The van der Waals surface area contributed by atoms with Crippen LogP contribution in [0, 0.1) is 16.0 Å². The molecule has 0 aliphatic heterocycles. The standard InChI is InChI=1S/C14H18N2O3/c1-10-4-2-3-5-12(10)15-13-7-6-11(9-17)8-14(13)16(18)19/h6-10,12,15H,2-5H2,1H3/t10-,12+/m0/s1. The SMILES string of the molecule is C[C@H]1CCCC[C@H]1Nc1ccc(C=O)cc1[N+](=O)[O-]. The molecule has 1 fully saturated rings. The minimum atomic E-state index is -0.442. The molecule has 0 heterocycles. The van der Waals surface area contributed by atoms with E-state index in [1.807, 2.05) is 0 Å². The van der Waals surface area contributed by atoms with Crippen molar-refractivity contribution in [3.05, 3.63) is 33.9 Å². The monoisotopic (exact) mass is 262 g/mol. The van der Waals surface area contributed by atoms with Crippen LogP contribution in [0.4, 0.5) is 11.4 Å². The number of carbonyl (C=O) groups excluding carboxylic acids is 1. The van der Waals surface area contributed by atoms with Gasteiger partial charge in [-0.25, -0.2) is 0 Å². The highest BCUT2D eigenvalue weighted by Gasteiger charge is 2.24. The normalized spacial score (nSPS) is 22.8. The second-order valence-corrected chi connectivity index (χ2v) is 5.16. The van der Waals surface area contributed by atoms with Gasteiger partial charge in [-0.1, -0.05) is 19.8 Å². The summed E-state index contributed by atoms with van der Waals surface area (Å²) in [6.45, 7) is 2.17. The van der Waals surface area contributed by atoms with E-state index in [0.717, 1.165) is 19.3 Å². The summed E-state index contributed by atoms with van der Waals surface area (Å²) >= 11 is 0. The van der Waals surface area contributed by atoms with Crippen molar-refractivity contribution >= 4 is 17.7 Å². The van der Waals surface area contributed by atoms with Gasteiger partial charge in [-0.2, -0.15) is 0 Å². The van der Waals surface area contributed by atoms with Crippen LogP contribution in [0.3, 0.4) is 0 Å². The highest BCUT2D eigenvalue weighted by atomic mass is 16.6. The largest absolute Gasteiger partial charge is 0.376 e. The first-order valence-electron chi connectivity index (χ1n) is 6.62. The molecule has 1 aromatic rings. The van der Waals surface area contributed by atoms with Crippen LogP contribution in [0.5, 0.6) is 0 Å². The van der Waals surface area contributed by atoms with E-state index in [-0.39, 0.29) is 11.7 Å². The van der Waals surface area contributed by atoms with Crippen molar-refractivity contribution < 1.29 is 9.72 Å². The zero-order chi connectivity index (χ0) is 13.8. The van der Waals surface area contributed by atoms with Crippen molar-refractivity contribution in [2.24, 2.45) is 5.92 Å². The van der Waals surface area contributed by atoms with E-state index in [9.17, 15) is 14.9 Å². The third kappa shape index (κ3) is 3.10. The number of nitro groups is 1. The lowest BCUT2D eigenvalue weighted by atomic mass is 9.86. The summed E-state index contributed by atoms with van der Waals surface area (Å²) in [5, 5.41) is 14.3. The maximum atomic E-state index is 11.1. The fourth-order valence-electron chi connectivity index (χ4n) is 2.63. The molecule has 102 valence electrons. The molecule has 1 N–H and O–H groups in total. The Morgan fingerprint density at radius 1 is 1.37 bits per heavy atom. The van der Waals surface area contributed by atoms with Gasteiger partial charge in [-0.05, 0) is 30.9 Å². The van der Waals surface area contributed by atoms with Gasteiger partial charge in [0.2, 0.25) is 0 Å². The van der Waals surface area contributed by atoms with Crippen LogP contribution in [0.15, 0.2) is 18.2 Å². The van der Waals surface area contributed by atoms with Gasteiger partial charge in [0.15, 0.2) is 0 Å². The van der Waals surface area contributed by atoms with Crippen molar-refractivity contribution in [2.45, 2.75) is 38.6 Å². The number of nitrogens with one attached hydrogen (secondary N) is 1. The van der Waals surface area contributed by atoms with Crippen molar-refractivity contribution in [3.8, 4) is 0 Å². The first kappa shape index (κ1) is 13.5. The fourth-order valence-corrected chi connectivity index (χ4v) is 2.63. The van der Waals surface area contributed by atoms with E-state index >= 15 is 0 Å². The molecule has 0 radical (unpaired) electrons. The third-order valence-corrected chi connectivity index (χ3v) is 3.81. The Kier molecular flexibility index (Phi) is 4.14. The molecule has 0 aromatic heterocycles. The summed E-state index contributed by atoms with van der Waals surface area (Å²) in [7, 11) is 0. The lowest BCUT2D eigenvalue weighted by molar-refractivity contribution is -0.384. The first-order chi connectivity index (χ1) is 9.11. The van der Waals surface area contributed by atoms with Gasteiger partial charge < -0.3 is 5.32 Å². The van der Waals surface area contributed by atoms with Crippen LogP contribution < -0.4 is 5.32 Å². The Bertz CT molecular complexity index is 488. The fraction of sp³-hybridized carbons (Fsp3) is 0.500. The second kappa shape index (κ2) is 5.82. The molecule has 0 unspecified atom stereocenters. The van der Waals surface area contributed by atoms with Crippen LogP contribution >= 0.6 is 0 Å². The molecule has 0 saturated heterocycles. The van der Waals surface area contributed by atoms with E-state index in [4.69, 9.17) is 0 Å². The quantitative estimate of drug-likeness (QED) is 0.513. The van der Waals surface area contributed by atoms with Crippen LogP contribution in [-0.4, -0.2) is 17.3 Å². The third-order valence-electron chi connectivity index (χ3n) is 3.81. The molecule has 19 heavy (non-hydrogen) atoms. The van der Waals surface area contributed by atoms with Crippen molar-refractivity contribution in [1.29, 1.82) is 0 Å². The molecule has 5 heteroatoms. The highest BCUT2D eigenvalue weighted by Crippen LogP contribution is 2.31. The molecule has 2 atom stereocenters. The van der Waals surface area contributed by atoms with Crippen molar-refractivity contribution in [3.63, 3.8) is 0 Å². The van der Waals surface area contributed by atoms with Gasteiger partial charge in [0.25, 0.3) is 5.69 Å². The molecule has 1 saturated carbocycles. The predicted octanol–water partition coefficient (Wildman–Crippen LogP) is 3.40. The maximum Gasteiger partial charge on any atom is 0.293 e. The van der Waals surface area contributed by atoms with E-state index in [1.165, 1.54) is 12.5 Å². The van der Waals surface area contributed by atoms with Crippen LogP contribution in [0.2, 0.25) is 0 Å². The Morgan fingerprint density at radius 3 is 2.74 bits per heavy atom. The number of carbonyl (C=O) groups is 1. The summed E-state index contributed by atoms with van der Waals surface area (Å²) in [6.07, 6.45) is 5.19. The molecule has 5 nitrogen and oxygen atoms in total. The Labute approximate surface area is 112 Å². The number of aldehydes is 1. The Hall–Kier alpha value is -1.91. The number of hydrogen-bond acceptors (Lipinski definition) is 4. The van der Waals surface area contributed by atoms with Gasteiger partial charge in [-0.3, -0.25) is 14.9 Å². The highest BCUT2D eigenvalue weighted by molar-refractivity contribution is 5.79. The lowest BCUT2D eigenvalue weighted by Crippen LogP contribution is -2.30. The van der Waals surface area contributed by atoms with Crippen LogP contribution in [0.1, 0.15) is 43.0 Å². The van der Waals surface area contributed by atoms with E-state index < -0.39 is 4.92 Å². The molecule has 1 aliphatic rings. The van der Waals surface area contributed by atoms with E-state index in [1.54, 1.807) is 12.1 Å². The number of rotatable bonds is 4. The number of hydrogen-bond donors (Lipinski definition) is 1. The molecule has 1 aromatic carbocycles. The molecular formula is C14H18N2O3. The topological polar surface area (TPSA) is 72.2 Å². The van der Waals surface area contributed by atoms with E-state index in [2.05, 4.69) is 12.2 Å². The smallest absolute Gasteiger partial charge is 0.293 e. The average molecular weight is 262 g/mol. The van der Waals surface area contributed by atoms with Gasteiger partial charge in [0, 0.05) is 17.7 Å². The minimum absolute atomic E-state index is 0.0256. The number of benzene rings is 1. The van der Waals surface area contributed by atoms with E-state index in [0.29, 0.717) is 23.5 Å². The Balaban J connectivity index is 2.23. The summed E-state index contributed by atoms with van der Waals surface area (Å²) in [5.74, 6) is 0.513. The minimum Gasteiger partial charge on any atom is -0.376 e. The zero-order valence-electron chi connectivity index (χ0n) is 11.0. The zero-order valence-corrected chi connectivity index (χ0v) is 11.0. The molecule has 0 spiro atoms. The van der Waals surface area contributed by atoms with Crippen LogP contribution in [-0.2, 0) is 0 Å². The molecule has 0 bridgehead atoms. The van der Waals surface area contributed by atoms with Crippen molar-refractivity contribution in [1.82, 2.24) is 0 Å². The maximum absolute atomic E-state index is 11.1. The van der Waals surface area contributed by atoms with Crippen LogP contribution in [0.25, 0.3) is 0 Å². The van der Waals surface area contributed by atoms with Gasteiger partial charge in [-0.15, -0.1) is 0 Å². The number of anilines is 1. The van der Waals surface area contributed by atoms with Gasteiger partial charge in [0.1, 0.15) is 12.0 Å². The lowest BCUT2D eigenvalue weighted by Gasteiger charge is -2.30. The average Bonchev–Trinajstić information content (AvgIpc) is 2.41. The summed E-state index contributed by atoms with van der Waals surface area (Å²) in [6, 6.07) is 4.83. The molecule has 1 aliphatic carbocycles. The second-order valence-electron chi connectivity index (χ2n) is 5.16. The Morgan fingerprint density at radius 2 is 2.11 bits per heavy atom. The number of nitro benzene ring substituents is 1. The molecular weight excluding hydrogens is 244 g/mol. The first-order valence-corrected chi connectivity index (χ1v) is 6.62. The molecule has 0 amide bonds. The summed E-state index contributed by atoms with van der Waals surface area (Å²) in [4.78, 5) is 21.3. The van der Waals surface area contributed by atoms with Gasteiger partial charge >= 0.3 is 0 Å². The summed E-state index contributed by atoms with van der Waals surface area (Å²) < 4.78 is 0. The van der Waals surface area contributed by atoms with Crippen molar-refractivity contribution in [2.75, 3.05) is 5.32 Å². The predicted molar refractivity (Wildman–Crippen MR) is 73.5 cm³/mol. The summed E-state index contributed by atoms with van der Waals surface area (Å²) in [5.41, 5.74) is 0.811. The number of nitrogens with zero attached hydrogens (tertiary/aromatic N) is 1.